The lowest BCUT2D eigenvalue weighted by Crippen LogP contribution is -2.39. The van der Waals surface area contributed by atoms with Gasteiger partial charge in [0.15, 0.2) is 0 Å². The highest BCUT2D eigenvalue weighted by molar-refractivity contribution is 5.82. The summed E-state index contributed by atoms with van der Waals surface area (Å²) < 4.78 is 48.8. The largest absolute Gasteiger partial charge is 0.417 e. The molecule has 0 N–H and O–H groups in total. The number of pyridine rings is 1. The third-order valence-electron chi connectivity index (χ3n) is 6.04. The van der Waals surface area contributed by atoms with Crippen LogP contribution in [0.5, 0.6) is 0 Å². The topological polar surface area (TPSA) is 77.0 Å². The number of likely N-dealkylation sites (tertiary alicyclic amines) is 1. The molecular formula is C22H26F3N5O2. The minimum absolute atomic E-state index is 0.0353. The molecule has 1 amide bonds. The number of halogens is 3. The van der Waals surface area contributed by atoms with E-state index in [0.717, 1.165) is 11.9 Å². The molecule has 4 rings (SSSR count). The maximum atomic E-state index is 13.9. The highest BCUT2D eigenvalue weighted by Gasteiger charge is 2.38. The molecule has 3 aromatic rings. The van der Waals surface area contributed by atoms with Crippen molar-refractivity contribution in [3.05, 3.63) is 41.2 Å². The summed E-state index contributed by atoms with van der Waals surface area (Å²) in [6, 6.07) is 1.09. The van der Waals surface area contributed by atoms with Gasteiger partial charge in [0.2, 0.25) is 5.91 Å². The molecule has 10 heteroatoms. The standard InChI is InChI=1S/C22H26F3N5O2/c1-13(2)17-11-16(22(23,24)25)19-20(28-32-21(19)27-17)15-5-4-8-30(12-15)18(31)6-9-29-10-7-26-14(29)3/h7,10-11,13,15H,4-6,8-9,12H2,1-3H3/t15-/m0/s1. The van der Waals surface area contributed by atoms with E-state index in [0.29, 0.717) is 44.6 Å². The van der Waals surface area contributed by atoms with Gasteiger partial charge >= 0.3 is 6.18 Å². The number of amides is 1. The summed E-state index contributed by atoms with van der Waals surface area (Å²) in [5.74, 6) is 0.274. The second-order valence-corrected chi connectivity index (χ2v) is 8.59. The fraction of sp³-hybridized carbons (Fsp3) is 0.545. The Kier molecular flexibility index (Phi) is 5.96. The summed E-state index contributed by atoms with van der Waals surface area (Å²) in [4.78, 5) is 22.9. The molecule has 1 aliphatic rings. The molecule has 0 saturated carbocycles. The molecule has 4 heterocycles. The molecule has 0 aromatic carbocycles. The van der Waals surface area contributed by atoms with Crippen molar-refractivity contribution in [1.29, 1.82) is 0 Å². The Morgan fingerprint density at radius 1 is 1.34 bits per heavy atom. The van der Waals surface area contributed by atoms with Crippen LogP contribution in [0.25, 0.3) is 11.1 Å². The molecule has 32 heavy (non-hydrogen) atoms. The van der Waals surface area contributed by atoms with Gasteiger partial charge in [-0.15, -0.1) is 0 Å². The second kappa shape index (κ2) is 8.55. The van der Waals surface area contributed by atoms with E-state index in [-0.39, 0.29) is 34.5 Å². The third kappa shape index (κ3) is 4.35. The van der Waals surface area contributed by atoms with Crippen molar-refractivity contribution in [2.75, 3.05) is 13.1 Å². The second-order valence-electron chi connectivity index (χ2n) is 8.59. The zero-order valence-corrected chi connectivity index (χ0v) is 18.3. The zero-order chi connectivity index (χ0) is 23.0. The first-order chi connectivity index (χ1) is 15.1. The number of hydrogen-bond donors (Lipinski definition) is 0. The SMILES string of the molecule is Cc1nccn1CCC(=O)N1CCC[C@H](c2noc3nc(C(C)C)cc(C(F)(F)F)c23)C1. The van der Waals surface area contributed by atoms with E-state index in [1.807, 2.05) is 17.7 Å². The first-order valence-corrected chi connectivity index (χ1v) is 10.8. The van der Waals surface area contributed by atoms with Gasteiger partial charge in [0.05, 0.1) is 16.6 Å². The number of rotatable bonds is 5. The monoisotopic (exact) mass is 449 g/mol. The fourth-order valence-electron chi connectivity index (χ4n) is 4.23. The number of alkyl halides is 3. The number of hydrogen-bond acceptors (Lipinski definition) is 5. The number of piperidine rings is 1. The Morgan fingerprint density at radius 2 is 2.12 bits per heavy atom. The van der Waals surface area contributed by atoms with Crippen molar-refractivity contribution in [3.63, 3.8) is 0 Å². The minimum atomic E-state index is -4.56. The lowest BCUT2D eigenvalue weighted by Gasteiger charge is -2.32. The van der Waals surface area contributed by atoms with Crippen LogP contribution in [0.2, 0.25) is 0 Å². The highest BCUT2D eigenvalue weighted by Crippen LogP contribution is 2.40. The van der Waals surface area contributed by atoms with E-state index < -0.39 is 11.7 Å². The highest BCUT2D eigenvalue weighted by atomic mass is 19.4. The number of carbonyl (C=O) groups excluding carboxylic acids is 1. The summed E-state index contributed by atoms with van der Waals surface area (Å²) in [6.45, 7) is 6.83. The van der Waals surface area contributed by atoms with Crippen LogP contribution < -0.4 is 0 Å². The normalized spacial score (nSPS) is 17.5. The minimum Gasteiger partial charge on any atom is -0.342 e. The van der Waals surface area contributed by atoms with Crippen LogP contribution in [-0.2, 0) is 17.5 Å². The molecule has 0 spiro atoms. The van der Waals surface area contributed by atoms with Crippen LogP contribution in [0.4, 0.5) is 13.2 Å². The Labute approximate surface area is 183 Å². The molecule has 1 fully saturated rings. The summed E-state index contributed by atoms with van der Waals surface area (Å²) >= 11 is 0. The average molecular weight is 449 g/mol. The van der Waals surface area contributed by atoms with Crippen molar-refractivity contribution in [2.45, 2.75) is 64.6 Å². The van der Waals surface area contributed by atoms with Crippen molar-refractivity contribution in [2.24, 2.45) is 0 Å². The molecule has 0 radical (unpaired) electrons. The molecule has 0 bridgehead atoms. The lowest BCUT2D eigenvalue weighted by molar-refractivity contribution is -0.136. The molecule has 1 saturated heterocycles. The Bertz CT molecular complexity index is 1120. The molecule has 1 atom stereocenters. The number of carbonyl (C=O) groups is 1. The molecule has 172 valence electrons. The average Bonchev–Trinajstić information content (AvgIpc) is 3.36. The summed E-state index contributed by atoms with van der Waals surface area (Å²) in [6.07, 6.45) is 0.571. The van der Waals surface area contributed by atoms with Gasteiger partial charge in [-0.1, -0.05) is 19.0 Å². The van der Waals surface area contributed by atoms with Crippen LogP contribution >= 0.6 is 0 Å². The maximum absolute atomic E-state index is 13.9. The van der Waals surface area contributed by atoms with Gasteiger partial charge in [-0.3, -0.25) is 4.79 Å². The van der Waals surface area contributed by atoms with Gasteiger partial charge in [-0.05, 0) is 31.7 Å². The first-order valence-electron chi connectivity index (χ1n) is 10.8. The number of fused-ring (bicyclic) bond motifs is 1. The van der Waals surface area contributed by atoms with Crippen LogP contribution in [-0.4, -0.2) is 43.6 Å². The van der Waals surface area contributed by atoms with E-state index in [4.69, 9.17) is 4.52 Å². The van der Waals surface area contributed by atoms with Gasteiger partial charge < -0.3 is 14.0 Å². The smallest absolute Gasteiger partial charge is 0.342 e. The van der Waals surface area contributed by atoms with Crippen molar-refractivity contribution >= 4 is 17.0 Å². The van der Waals surface area contributed by atoms with Crippen molar-refractivity contribution in [3.8, 4) is 0 Å². The van der Waals surface area contributed by atoms with Gasteiger partial charge in [-0.2, -0.15) is 13.2 Å². The van der Waals surface area contributed by atoms with Gasteiger partial charge in [0.1, 0.15) is 5.82 Å². The molecule has 3 aromatic heterocycles. The number of aryl methyl sites for hydroxylation is 2. The summed E-state index contributed by atoms with van der Waals surface area (Å²) in [7, 11) is 0. The summed E-state index contributed by atoms with van der Waals surface area (Å²) in [5.41, 5.74) is -0.333. The van der Waals surface area contributed by atoms with E-state index in [9.17, 15) is 18.0 Å². The predicted octanol–water partition coefficient (Wildman–Crippen LogP) is 4.67. The third-order valence-corrected chi connectivity index (χ3v) is 6.04. The number of imidazole rings is 1. The molecule has 7 nitrogen and oxygen atoms in total. The van der Waals surface area contributed by atoms with E-state index >= 15 is 0 Å². The molecule has 0 aliphatic carbocycles. The predicted molar refractivity (Wildman–Crippen MR) is 111 cm³/mol. The van der Waals surface area contributed by atoms with E-state index in [1.165, 1.54) is 0 Å². The Balaban J connectivity index is 1.58. The number of nitrogens with zero attached hydrogens (tertiary/aromatic N) is 5. The Hall–Kier alpha value is -2.91. The Morgan fingerprint density at radius 3 is 2.78 bits per heavy atom. The van der Waals surface area contributed by atoms with Crippen LogP contribution in [0.15, 0.2) is 23.0 Å². The number of aromatic nitrogens is 4. The molecule has 0 unspecified atom stereocenters. The summed E-state index contributed by atoms with van der Waals surface area (Å²) in [5, 5.41) is 3.91. The van der Waals surface area contributed by atoms with Gasteiger partial charge in [0.25, 0.3) is 5.71 Å². The quantitative estimate of drug-likeness (QED) is 0.566. The van der Waals surface area contributed by atoms with Crippen LogP contribution in [0, 0.1) is 6.92 Å². The maximum Gasteiger partial charge on any atom is 0.417 e. The van der Waals surface area contributed by atoms with Gasteiger partial charge in [-0.25, -0.2) is 9.97 Å². The van der Waals surface area contributed by atoms with Gasteiger partial charge in [0, 0.05) is 50.1 Å². The zero-order valence-electron chi connectivity index (χ0n) is 18.3. The molecule has 1 aliphatic heterocycles. The first kappa shape index (κ1) is 22.3. The van der Waals surface area contributed by atoms with E-state index in [1.54, 1.807) is 24.9 Å². The molecular weight excluding hydrogens is 423 g/mol. The van der Waals surface area contributed by atoms with Crippen molar-refractivity contribution in [1.82, 2.24) is 24.6 Å². The van der Waals surface area contributed by atoms with Crippen LogP contribution in [0.3, 0.4) is 0 Å². The lowest BCUT2D eigenvalue weighted by atomic mass is 9.91. The fourth-order valence-corrected chi connectivity index (χ4v) is 4.23. The van der Waals surface area contributed by atoms with E-state index in [2.05, 4.69) is 15.1 Å². The van der Waals surface area contributed by atoms with Crippen molar-refractivity contribution < 1.29 is 22.5 Å². The van der Waals surface area contributed by atoms with Crippen LogP contribution in [0.1, 0.15) is 67.7 Å².